The monoisotopic (exact) mass is 502 g/mol. The number of ether oxygens (including phenoxy) is 1. The molecule has 4 N–H and O–H groups in total. The Morgan fingerprint density at radius 1 is 1.31 bits per heavy atom. The van der Waals surface area contributed by atoms with E-state index in [1.54, 1.807) is 19.5 Å². The molecule has 0 aromatic carbocycles. The molecule has 0 radical (unpaired) electrons. The van der Waals surface area contributed by atoms with E-state index >= 15 is 0 Å². The van der Waals surface area contributed by atoms with Crippen LogP contribution in [0.1, 0.15) is 32.8 Å². The highest BCUT2D eigenvalue weighted by atomic mass is 31.2. The van der Waals surface area contributed by atoms with E-state index in [1.807, 2.05) is 32.9 Å². The molecular formula is C22H31N8O4P. The fourth-order valence-electron chi connectivity index (χ4n) is 3.87. The molecule has 1 saturated heterocycles. The van der Waals surface area contributed by atoms with Crippen molar-refractivity contribution < 1.29 is 14.1 Å². The molecule has 12 nitrogen and oxygen atoms in total. The summed E-state index contributed by atoms with van der Waals surface area (Å²) in [4.78, 5) is 42.4. The molecule has 1 unspecified atom stereocenters. The maximum absolute atomic E-state index is 12.6. The number of imidazole rings is 1. The molecule has 4 rings (SSSR count). The molecule has 0 spiro atoms. The van der Waals surface area contributed by atoms with E-state index in [0.29, 0.717) is 17.7 Å². The van der Waals surface area contributed by atoms with Crippen molar-refractivity contribution in [3.8, 4) is 0 Å². The SMILES string of the molecule is CC(C)(C)OC(=O)NC1CCN(c2ccc(Cn3c(=O)[nH]c4c(N)nc(P(C)(C)=O)nc43)cn2)C1. The first-order valence-electron chi connectivity index (χ1n) is 11.3. The standard InChI is InChI=1S/C22H31N8O4P/c1-22(2,3)34-21(32)25-14-8-9-29(12-14)15-7-6-13(10-24-15)11-30-18-16(26-20(30)31)17(23)27-19(28-18)35(4,5)33/h6-7,10,14H,8-9,11-12H2,1-5H3,(H,25,32)(H,26,31)(H2,23,27,28). The number of anilines is 2. The van der Waals surface area contributed by atoms with Gasteiger partial charge < -0.3 is 30.2 Å². The van der Waals surface area contributed by atoms with Crippen molar-refractivity contribution in [2.75, 3.05) is 37.1 Å². The van der Waals surface area contributed by atoms with Crippen molar-refractivity contribution in [2.45, 2.75) is 45.4 Å². The van der Waals surface area contributed by atoms with Gasteiger partial charge in [-0.05, 0) is 52.2 Å². The van der Waals surface area contributed by atoms with Crippen LogP contribution in [-0.2, 0) is 15.8 Å². The minimum Gasteiger partial charge on any atom is -0.444 e. The van der Waals surface area contributed by atoms with Crippen LogP contribution < -0.4 is 27.2 Å². The van der Waals surface area contributed by atoms with Gasteiger partial charge in [0.1, 0.15) is 24.1 Å². The normalized spacial score (nSPS) is 16.6. The predicted molar refractivity (Wildman–Crippen MR) is 135 cm³/mol. The number of carbonyl (C=O) groups is 1. The summed E-state index contributed by atoms with van der Waals surface area (Å²) in [6, 6.07) is 3.74. The van der Waals surface area contributed by atoms with Crippen molar-refractivity contribution in [3.63, 3.8) is 0 Å². The Labute approximate surface area is 202 Å². The van der Waals surface area contributed by atoms with Gasteiger partial charge in [0.25, 0.3) is 0 Å². The number of carbonyl (C=O) groups excluding carboxylic acids is 1. The number of aromatic nitrogens is 5. The third-order valence-corrected chi connectivity index (χ3v) is 6.67. The summed E-state index contributed by atoms with van der Waals surface area (Å²) in [5.74, 6) is 0.863. The predicted octanol–water partition coefficient (Wildman–Crippen LogP) is 1.50. The van der Waals surface area contributed by atoms with Gasteiger partial charge in [-0.3, -0.25) is 4.57 Å². The molecule has 0 aliphatic carbocycles. The highest BCUT2D eigenvalue weighted by molar-refractivity contribution is 7.69. The first-order chi connectivity index (χ1) is 16.3. The number of nitrogen functional groups attached to an aromatic ring is 1. The maximum Gasteiger partial charge on any atom is 0.407 e. The molecule has 35 heavy (non-hydrogen) atoms. The number of alkyl carbamates (subject to hydrolysis) is 1. The number of hydrogen-bond donors (Lipinski definition) is 3. The van der Waals surface area contributed by atoms with Gasteiger partial charge in [0.05, 0.1) is 12.6 Å². The Kier molecular flexibility index (Phi) is 6.35. The molecule has 4 heterocycles. The summed E-state index contributed by atoms with van der Waals surface area (Å²) >= 11 is 0. The van der Waals surface area contributed by atoms with Crippen LogP contribution in [0, 0.1) is 0 Å². The number of pyridine rings is 1. The average molecular weight is 503 g/mol. The highest BCUT2D eigenvalue weighted by Gasteiger charge is 2.27. The first-order valence-corrected chi connectivity index (χ1v) is 13.9. The van der Waals surface area contributed by atoms with Gasteiger partial charge >= 0.3 is 11.8 Å². The van der Waals surface area contributed by atoms with E-state index in [0.717, 1.165) is 24.3 Å². The van der Waals surface area contributed by atoms with Crippen LogP contribution in [0.15, 0.2) is 23.1 Å². The summed E-state index contributed by atoms with van der Waals surface area (Å²) < 4.78 is 19.2. The number of nitrogens with two attached hydrogens (primary N) is 1. The van der Waals surface area contributed by atoms with Crippen LogP contribution in [0.5, 0.6) is 0 Å². The highest BCUT2D eigenvalue weighted by Crippen LogP contribution is 2.33. The molecule has 1 atom stereocenters. The topological polar surface area (TPSA) is 161 Å². The lowest BCUT2D eigenvalue weighted by molar-refractivity contribution is 0.0509. The number of aromatic amines is 1. The van der Waals surface area contributed by atoms with Gasteiger partial charge in [0.2, 0.25) is 0 Å². The first kappa shape index (κ1) is 24.7. The summed E-state index contributed by atoms with van der Waals surface area (Å²) in [6.07, 6.45) is 2.06. The number of amides is 1. The van der Waals surface area contributed by atoms with Crippen LogP contribution in [0.2, 0.25) is 0 Å². The third-order valence-electron chi connectivity index (χ3n) is 5.50. The van der Waals surface area contributed by atoms with Crippen LogP contribution >= 0.6 is 7.14 Å². The van der Waals surface area contributed by atoms with Crippen molar-refractivity contribution in [1.29, 1.82) is 0 Å². The molecule has 1 amide bonds. The molecule has 1 fully saturated rings. The molecule has 188 valence electrons. The van der Waals surface area contributed by atoms with E-state index in [9.17, 15) is 14.2 Å². The minimum atomic E-state index is -2.77. The molecule has 1 aliphatic rings. The second-order valence-corrected chi connectivity index (χ2v) is 13.2. The Morgan fingerprint density at radius 2 is 2.06 bits per heavy atom. The Bertz CT molecular complexity index is 1350. The number of nitrogens with zero attached hydrogens (tertiary/aromatic N) is 5. The van der Waals surface area contributed by atoms with Crippen molar-refractivity contribution >= 4 is 41.6 Å². The largest absolute Gasteiger partial charge is 0.444 e. The molecule has 0 saturated carbocycles. The van der Waals surface area contributed by atoms with E-state index < -0.39 is 18.8 Å². The summed E-state index contributed by atoms with van der Waals surface area (Å²) in [5.41, 5.74) is 6.59. The summed E-state index contributed by atoms with van der Waals surface area (Å²) in [5, 5.41) is 2.90. The van der Waals surface area contributed by atoms with Gasteiger partial charge in [-0.1, -0.05) is 6.07 Å². The van der Waals surface area contributed by atoms with Crippen LogP contribution in [0.4, 0.5) is 16.4 Å². The number of nitrogens with one attached hydrogen (secondary N) is 2. The van der Waals surface area contributed by atoms with Gasteiger partial charge in [0, 0.05) is 19.3 Å². The quantitative estimate of drug-likeness (QED) is 0.439. The number of rotatable bonds is 5. The van der Waals surface area contributed by atoms with Crippen LogP contribution in [0.25, 0.3) is 11.2 Å². The van der Waals surface area contributed by atoms with Gasteiger partial charge in [-0.2, -0.15) is 0 Å². The molecule has 1 aliphatic heterocycles. The average Bonchev–Trinajstić information content (AvgIpc) is 3.32. The van der Waals surface area contributed by atoms with Crippen molar-refractivity contribution in [3.05, 3.63) is 34.4 Å². The van der Waals surface area contributed by atoms with Crippen LogP contribution in [-0.4, -0.2) is 68.7 Å². The maximum atomic E-state index is 12.6. The van der Waals surface area contributed by atoms with Gasteiger partial charge in [-0.25, -0.2) is 24.5 Å². The Balaban J connectivity index is 1.47. The Morgan fingerprint density at radius 3 is 2.69 bits per heavy atom. The van der Waals surface area contributed by atoms with E-state index in [1.165, 1.54) is 4.57 Å². The second kappa shape index (κ2) is 8.99. The Hall–Kier alpha value is -3.40. The van der Waals surface area contributed by atoms with Gasteiger partial charge in [-0.15, -0.1) is 0 Å². The van der Waals surface area contributed by atoms with Crippen LogP contribution in [0.3, 0.4) is 0 Å². The molecule has 3 aromatic heterocycles. The smallest absolute Gasteiger partial charge is 0.407 e. The third kappa shape index (κ3) is 5.64. The van der Waals surface area contributed by atoms with E-state index in [2.05, 4.69) is 30.2 Å². The molecule has 0 bridgehead atoms. The zero-order valence-corrected chi connectivity index (χ0v) is 21.4. The fraction of sp³-hybridized carbons (Fsp3) is 0.500. The van der Waals surface area contributed by atoms with Crippen molar-refractivity contribution in [2.24, 2.45) is 0 Å². The lowest BCUT2D eigenvalue weighted by atomic mass is 10.2. The molecular weight excluding hydrogens is 471 g/mol. The number of H-pyrrole nitrogens is 1. The lowest BCUT2D eigenvalue weighted by Gasteiger charge is -2.22. The molecule has 3 aromatic rings. The number of fused-ring (bicyclic) bond motifs is 1. The lowest BCUT2D eigenvalue weighted by Crippen LogP contribution is -2.40. The second-order valence-electron chi connectivity index (χ2n) is 10.1. The van der Waals surface area contributed by atoms with Gasteiger partial charge in [0.15, 0.2) is 17.0 Å². The minimum absolute atomic E-state index is 0.0245. The summed E-state index contributed by atoms with van der Waals surface area (Å²) in [7, 11) is -2.77. The number of hydrogen-bond acceptors (Lipinski definition) is 9. The zero-order valence-electron chi connectivity index (χ0n) is 20.5. The fourth-order valence-corrected chi connectivity index (χ4v) is 4.55. The van der Waals surface area contributed by atoms with Crippen molar-refractivity contribution in [1.82, 2.24) is 29.8 Å². The van der Waals surface area contributed by atoms with E-state index in [-0.39, 0.29) is 29.7 Å². The van der Waals surface area contributed by atoms with E-state index in [4.69, 9.17) is 10.5 Å². The summed E-state index contributed by atoms with van der Waals surface area (Å²) in [6.45, 7) is 10.2. The zero-order chi connectivity index (χ0) is 25.5. The molecule has 13 heteroatoms.